The highest BCUT2D eigenvalue weighted by Crippen LogP contribution is 2.56. The topological polar surface area (TPSA) is 84.0 Å². The third-order valence-corrected chi connectivity index (χ3v) is 8.22. The molecule has 0 N–H and O–H groups in total. The molecule has 4 aliphatic rings. The van der Waals surface area contributed by atoms with Crippen LogP contribution >= 0.6 is 0 Å². The number of esters is 1. The smallest absolute Gasteiger partial charge is 0.316 e. The van der Waals surface area contributed by atoms with Crippen molar-refractivity contribution in [3.8, 4) is 5.75 Å². The van der Waals surface area contributed by atoms with Gasteiger partial charge in [-0.2, -0.15) is 0 Å². The van der Waals surface area contributed by atoms with E-state index in [0.29, 0.717) is 23.3 Å². The first-order chi connectivity index (χ1) is 16.8. The number of benzene rings is 2. The van der Waals surface area contributed by atoms with Gasteiger partial charge in [0.1, 0.15) is 5.75 Å². The molecule has 2 aromatic rings. The average molecular weight is 473 g/mol. The van der Waals surface area contributed by atoms with Crippen LogP contribution in [0.15, 0.2) is 42.5 Å². The number of carbonyl (C=O) groups excluding carboxylic acids is 4. The predicted molar refractivity (Wildman–Crippen MR) is 129 cm³/mol. The van der Waals surface area contributed by atoms with Gasteiger partial charge in [0.2, 0.25) is 17.7 Å². The number of rotatable bonds is 4. The van der Waals surface area contributed by atoms with Crippen molar-refractivity contribution in [1.82, 2.24) is 0 Å². The van der Waals surface area contributed by atoms with Crippen LogP contribution in [-0.2, 0) is 19.2 Å². The van der Waals surface area contributed by atoms with Gasteiger partial charge in [-0.05, 0) is 92.5 Å². The minimum atomic E-state index is -0.556. The summed E-state index contributed by atoms with van der Waals surface area (Å²) < 4.78 is 5.56. The Balaban J connectivity index is 1.13. The number of aryl methyl sites for hydroxylation is 2. The van der Waals surface area contributed by atoms with Gasteiger partial charge in [-0.15, -0.1) is 0 Å². The summed E-state index contributed by atoms with van der Waals surface area (Å²) in [7, 11) is 0. The minimum Gasteiger partial charge on any atom is -0.426 e. The molecular weight excluding hydrogens is 444 g/mol. The van der Waals surface area contributed by atoms with E-state index in [1.807, 2.05) is 32.0 Å². The van der Waals surface area contributed by atoms with E-state index in [1.165, 1.54) is 4.90 Å². The van der Waals surface area contributed by atoms with Crippen LogP contribution in [0.4, 0.5) is 11.4 Å². The Bertz CT molecular complexity index is 1200. The van der Waals surface area contributed by atoms with Crippen LogP contribution in [0.25, 0.3) is 0 Å². The van der Waals surface area contributed by atoms with Crippen molar-refractivity contribution < 1.29 is 23.9 Å². The quantitative estimate of drug-likeness (QED) is 0.384. The van der Waals surface area contributed by atoms with Gasteiger partial charge in [0, 0.05) is 18.7 Å². The lowest BCUT2D eigenvalue weighted by Crippen LogP contribution is -2.32. The van der Waals surface area contributed by atoms with Crippen LogP contribution < -0.4 is 14.5 Å². The van der Waals surface area contributed by atoms with Crippen LogP contribution in [0.3, 0.4) is 0 Å². The molecule has 2 heterocycles. The van der Waals surface area contributed by atoms with Crippen LogP contribution in [-0.4, -0.2) is 30.2 Å². The summed E-state index contributed by atoms with van der Waals surface area (Å²) in [4.78, 5) is 54.4. The van der Waals surface area contributed by atoms with Crippen molar-refractivity contribution in [2.75, 3.05) is 16.3 Å². The first kappa shape index (κ1) is 22.0. The predicted octanol–water partition coefficient (Wildman–Crippen LogP) is 3.80. The van der Waals surface area contributed by atoms with Gasteiger partial charge in [-0.25, -0.2) is 0 Å². The molecule has 7 heteroatoms. The molecule has 0 radical (unpaired) electrons. The Morgan fingerprint density at radius 2 is 1.46 bits per heavy atom. The van der Waals surface area contributed by atoms with Gasteiger partial charge >= 0.3 is 5.97 Å². The van der Waals surface area contributed by atoms with Crippen molar-refractivity contribution in [3.05, 3.63) is 53.6 Å². The number of nitrogens with zero attached hydrogens (tertiary/aromatic N) is 2. The molecular formula is C28H28N2O5. The number of fused-ring (bicyclic) bond motifs is 5. The number of imide groups is 1. The van der Waals surface area contributed by atoms with E-state index >= 15 is 0 Å². The third kappa shape index (κ3) is 3.56. The normalized spacial score (nSPS) is 29.3. The molecule has 180 valence electrons. The lowest BCUT2D eigenvalue weighted by Gasteiger charge is -2.19. The van der Waals surface area contributed by atoms with E-state index in [2.05, 4.69) is 0 Å². The zero-order chi connectivity index (χ0) is 24.4. The molecule has 7 nitrogen and oxygen atoms in total. The minimum absolute atomic E-state index is 0.0899. The third-order valence-electron chi connectivity index (χ3n) is 8.22. The number of amides is 3. The summed E-state index contributed by atoms with van der Waals surface area (Å²) in [5, 5.41) is 0. The van der Waals surface area contributed by atoms with Crippen molar-refractivity contribution >= 4 is 35.1 Å². The average Bonchev–Trinajstić information content (AvgIpc) is 3.57. The summed E-state index contributed by atoms with van der Waals surface area (Å²) >= 11 is 0. The molecule has 0 aromatic heterocycles. The Kier molecular flexibility index (Phi) is 5.06. The second-order valence-corrected chi connectivity index (χ2v) is 10.6. The second kappa shape index (κ2) is 8.04. The summed E-state index contributed by atoms with van der Waals surface area (Å²) in [6.07, 6.45) is 3.18. The van der Waals surface area contributed by atoms with Crippen LogP contribution in [0, 0.1) is 43.4 Å². The van der Waals surface area contributed by atoms with E-state index in [-0.39, 0.29) is 42.5 Å². The van der Waals surface area contributed by atoms with Crippen LogP contribution in [0.5, 0.6) is 5.75 Å². The molecule has 2 saturated heterocycles. The standard InChI is InChI=1S/C28H28N2O5/c1-15-9-16(2)11-21(10-15)29-14-19(13-23(29)31)28(34)35-22-7-5-20(6-8-22)30-26(32)24-17-3-4-18(12-17)25(24)27(30)33/h5-11,17-19,24-25H,3-4,12-14H2,1-2H3/t17-,18-,19+,24+,25+/m0/s1. The van der Waals surface area contributed by atoms with Crippen molar-refractivity contribution in [2.45, 2.75) is 39.5 Å². The summed E-state index contributed by atoms with van der Waals surface area (Å²) in [5.74, 6) is -0.628. The molecule has 2 aromatic carbocycles. The zero-order valence-corrected chi connectivity index (χ0v) is 19.9. The number of hydrogen-bond acceptors (Lipinski definition) is 5. The molecule has 2 aliphatic heterocycles. The lowest BCUT2D eigenvalue weighted by molar-refractivity contribution is -0.139. The second-order valence-electron chi connectivity index (χ2n) is 10.6. The monoisotopic (exact) mass is 472 g/mol. The number of hydrogen-bond donors (Lipinski definition) is 0. The molecule has 4 fully saturated rings. The Labute approximate surface area is 204 Å². The van der Waals surface area contributed by atoms with Gasteiger partial charge in [-0.3, -0.25) is 24.1 Å². The van der Waals surface area contributed by atoms with Crippen molar-refractivity contribution in [2.24, 2.45) is 29.6 Å². The maximum Gasteiger partial charge on any atom is 0.316 e. The Morgan fingerprint density at radius 1 is 0.857 bits per heavy atom. The van der Waals surface area contributed by atoms with E-state index in [0.717, 1.165) is 36.1 Å². The van der Waals surface area contributed by atoms with Gasteiger partial charge in [0.15, 0.2) is 0 Å². The van der Waals surface area contributed by atoms with E-state index < -0.39 is 11.9 Å². The van der Waals surface area contributed by atoms with Crippen molar-refractivity contribution in [3.63, 3.8) is 0 Å². The van der Waals surface area contributed by atoms with Gasteiger partial charge in [-0.1, -0.05) is 6.07 Å². The van der Waals surface area contributed by atoms with E-state index in [4.69, 9.17) is 4.74 Å². The van der Waals surface area contributed by atoms with Gasteiger partial charge in [0.05, 0.1) is 23.4 Å². The highest BCUT2D eigenvalue weighted by Gasteiger charge is 2.61. The first-order valence-electron chi connectivity index (χ1n) is 12.4. The fourth-order valence-corrected chi connectivity index (χ4v) is 6.75. The van der Waals surface area contributed by atoms with E-state index in [1.54, 1.807) is 29.2 Å². The molecule has 2 saturated carbocycles. The van der Waals surface area contributed by atoms with E-state index in [9.17, 15) is 19.2 Å². The fourth-order valence-electron chi connectivity index (χ4n) is 6.75. The van der Waals surface area contributed by atoms with Crippen molar-refractivity contribution in [1.29, 1.82) is 0 Å². The maximum atomic E-state index is 13.0. The van der Waals surface area contributed by atoms with Crippen LogP contribution in [0.2, 0.25) is 0 Å². The molecule has 5 atom stereocenters. The first-order valence-corrected chi connectivity index (χ1v) is 12.4. The highest BCUT2D eigenvalue weighted by molar-refractivity contribution is 6.22. The summed E-state index contributed by atoms with van der Waals surface area (Å²) in [5.41, 5.74) is 3.44. The highest BCUT2D eigenvalue weighted by atomic mass is 16.5. The molecule has 0 spiro atoms. The number of carbonyl (C=O) groups is 4. The molecule has 2 bridgehead atoms. The Morgan fingerprint density at radius 3 is 2.06 bits per heavy atom. The summed E-state index contributed by atoms with van der Waals surface area (Å²) in [6, 6.07) is 12.4. The fraction of sp³-hybridized carbons (Fsp3) is 0.429. The number of ether oxygens (including phenoxy) is 1. The molecule has 35 heavy (non-hydrogen) atoms. The Hall–Kier alpha value is -3.48. The lowest BCUT2D eigenvalue weighted by atomic mass is 9.81. The molecule has 6 rings (SSSR count). The molecule has 0 unspecified atom stereocenters. The van der Waals surface area contributed by atoms with Gasteiger partial charge in [0.25, 0.3) is 0 Å². The largest absolute Gasteiger partial charge is 0.426 e. The molecule has 2 aliphatic carbocycles. The SMILES string of the molecule is Cc1cc(C)cc(N2C[C@H](C(=O)Oc3ccc(N4C(=O)[C@@H]5[C@H]6CC[C@@H](C6)[C@H]5C4=O)cc3)CC2=O)c1. The number of anilines is 2. The van der Waals surface area contributed by atoms with Crippen LogP contribution in [0.1, 0.15) is 36.8 Å². The maximum absolute atomic E-state index is 13.0. The molecule has 3 amide bonds. The summed E-state index contributed by atoms with van der Waals surface area (Å²) in [6.45, 7) is 4.24. The van der Waals surface area contributed by atoms with Gasteiger partial charge < -0.3 is 9.64 Å². The zero-order valence-electron chi connectivity index (χ0n) is 19.9.